The van der Waals surface area contributed by atoms with Crippen molar-refractivity contribution < 1.29 is 46.1 Å². The fraction of sp³-hybridized carbons (Fsp3) is 0.395. The van der Waals surface area contributed by atoms with Gasteiger partial charge in [0.1, 0.15) is 19.2 Å². The normalized spacial score (nSPS) is 12.1. The smallest absolute Gasteiger partial charge is 0.407 e. The van der Waals surface area contributed by atoms with Crippen LogP contribution >= 0.6 is 0 Å². The number of pyridine rings is 1. The molecule has 12 nitrogen and oxygen atoms in total. The molecule has 2 aromatic heterocycles. The van der Waals surface area contributed by atoms with E-state index in [-0.39, 0.29) is 72.5 Å². The van der Waals surface area contributed by atoms with Gasteiger partial charge in [0.05, 0.1) is 23.0 Å². The maximum absolute atomic E-state index is 15.8. The van der Waals surface area contributed by atoms with Crippen molar-refractivity contribution in [2.75, 3.05) is 25.3 Å². The van der Waals surface area contributed by atoms with Gasteiger partial charge in [-0.1, -0.05) is 93.9 Å². The molecular formula is C43H54F4N6O6Si2. The number of alkyl halides is 3. The minimum absolute atomic E-state index is 0.0403. The highest BCUT2D eigenvalue weighted by Crippen LogP contribution is 2.37. The fourth-order valence-corrected chi connectivity index (χ4v) is 7.64. The number of hydrogen-bond donors (Lipinski definition) is 3. The van der Waals surface area contributed by atoms with Crippen LogP contribution in [0.1, 0.15) is 32.7 Å². The number of nitrogens with zero attached hydrogens (tertiary/aromatic N) is 3. The van der Waals surface area contributed by atoms with Gasteiger partial charge in [-0.15, -0.1) is 0 Å². The Kier molecular flexibility index (Phi) is 15.7. The quantitative estimate of drug-likeness (QED) is 0.0283. The first-order chi connectivity index (χ1) is 28.8. The molecule has 0 spiro atoms. The van der Waals surface area contributed by atoms with Crippen LogP contribution in [-0.4, -0.2) is 69.1 Å². The van der Waals surface area contributed by atoms with E-state index in [2.05, 4.69) is 55.0 Å². The van der Waals surface area contributed by atoms with Crippen LogP contribution in [0, 0.1) is 5.82 Å². The van der Waals surface area contributed by atoms with Crippen LogP contribution in [0.25, 0.3) is 22.2 Å². The van der Waals surface area contributed by atoms with E-state index in [1.165, 1.54) is 10.7 Å². The van der Waals surface area contributed by atoms with Crippen molar-refractivity contribution >= 4 is 44.9 Å². The summed E-state index contributed by atoms with van der Waals surface area (Å²) in [6.07, 6.45) is -6.72. The number of carbonyl (C=O) groups is 2. The van der Waals surface area contributed by atoms with Gasteiger partial charge < -0.3 is 35.3 Å². The van der Waals surface area contributed by atoms with Gasteiger partial charge in [-0.25, -0.2) is 18.9 Å². The fourth-order valence-electron chi connectivity index (χ4n) is 6.13. The first-order valence-corrected chi connectivity index (χ1v) is 27.3. The van der Waals surface area contributed by atoms with E-state index in [4.69, 9.17) is 29.7 Å². The molecule has 2 heterocycles. The Morgan fingerprint density at radius 3 is 2.11 bits per heavy atom. The van der Waals surface area contributed by atoms with E-state index in [1.807, 2.05) is 42.5 Å². The van der Waals surface area contributed by atoms with E-state index >= 15 is 4.39 Å². The molecule has 328 valence electrons. The second-order valence-electron chi connectivity index (χ2n) is 17.1. The van der Waals surface area contributed by atoms with Crippen molar-refractivity contribution in [3.63, 3.8) is 0 Å². The maximum Gasteiger partial charge on any atom is 0.407 e. The molecule has 0 aliphatic heterocycles. The van der Waals surface area contributed by atoms with Gasteiger partial charge >= 0.3 is 12.3 Å². The van der Waals surface area contributed by atoms with E-state index in [1.54, 1.807) is 12.1 Å². The van der Waals surface area contributed by atoms with Crippen molar-refractivity contribution in [1.29, 1.82) is 0 Å². The minimum Gasteiger partial charge on any atom is -0.464 e. The van der Waals surface area contributed by atoms with Crippen LogP contribution in [0.3, 0.4) is 0 Å². The van der Waals surface area contributed by atoms with Gasteiger partial charge in [-0.05, 0) is 52.5 Å². The summed E-state index contributed by atoms with van der Waals surface area (Å²) in [7, 11) is -2.91. The third kappa shape index (κ3) is 14.4. The lowest BCUT2D eigenvalue weighted by atomic mass is 9.99. The summed E-state index contributed by atoms with van der Waals surface area (Å²) in [5.41, 5.74) is 7.72. The first kappa shape index (κ1) is 46.8. The number of nitrogens with one attached hydrogen (secondary N) is 2. The molecule has 61 heavy (non-hydrogen) atoms. The number of rotatable bonds is 21. The highest BCUT2D eigenvalue weighted by molar-refractivity contribution is 6.76. The SMILES string of the molecule is C[Si](C)(C)CCOCOc1cc(CC(F)(F)F)c(-c2cc3c(c(NCc4ccccc4CNC(=O)OCc4ccccc4)n2)c(C(N)=O)nn3COCC[Si](C)(C)C)cc1F. The van der Waals surface area contributed by atoms with Crippen molar-refractivity contribution in [3.8, 4) is 17.0 Å². The Morgan fingerprint density at radius 1 is 0.836 bits per heavy atom. The molecule has 0 unspecified atom stereocenters. The number of primary amides is 1. The number of aromatic nitrogens is 3. The summed E-state index contributed by atoms with van der Waals surface area (Å²) in [5, 5.41) is 10.6. The van der Waals surface area contributed by atoms with Crippen molar-refractivity contribution in [1.82, 2.24) is 20.1 Å². The number of fused-ring (bicyclic) bond motifs is 1. The molecule has 0 radical (unpaired) electrons. The van der Waals surface area contributed by atoms with Gasteiger partial charge in [0.15, 0.2) is 24.1 Å². The predicted octanol–water partition coefficient (Wildman–Crippen LogP) is 9.48. The van der Waals surface area contributed by atoms with Gasteiger partial charge in [0.2, 0.25) is 0 Å². The van der Waals surface area contributed by atoms with Crippen molar-refractivity contribution in [2.24, 2.45) is 5.73 Å². The molecule has 0 saturated heterocycles. The van der Waals surface area contributed by atoms with Crippen LogP contribution in [0.4, 0.5) is 28.2 Å². The molecule has 0 saturated carbocycles. The molecule has 0 bridgehead atoms. The number of ether oxygens (including phenoxy) is 4. The van der Waals surface area contributed by atoms with Gasteiger partial charge in [0, 0.05) is 48.0 Å². The monoisotopic (exact) mass is 882 g/mol. The highest BCUT2D eigenvalue weighted by Gasteiger charge is 2.31. The van der Waals surface area contributed by atoms with Crippen LogP contribution in [0.2, 0.25) is 51.4 Å². The number of nitrogens with two attached hydrogens (primary N) is 1. The van der Waals surface area contributed by atoms with E-state index < -0.39 is 52.3 Å². The molecule has 2 amide bonds. The molecule has 0 aliphatic rings. The number of anilines is 1. The summed E-state index contributed by atoms with van der Waals surface area (Å²) in [4.78, 5) is 30.2. The van der Waals surface area contributed by atoms with Crippen LogP contribution in [0.5, 0.6) is 5.75 Å². The molecule has 0 atom stereocenters. The Morgan fingerprint density at radius 2 is 1.48 bits per heavy atom. The molecular weight excluding hydrogens is 829 g/mol. The Labute approximate surface area is 355 Å². The molecule has 5 aromatic rings. The van der Waals surface area contributed by atoms with E-state index in [9.17, 15) is 22.8 Å². The third-order valence-corrected chi connectivity index (χ3v) is 12.9. The third-order valence-electron chi connectivity index (χ3n) is 9.50. The maximum atomic E-state index is 15.8. The van der Waals surface area contributed by atoms with Crippen LogP contribution < -0.4 is 21.1 Å². The number of halogens is 4. The number of alkyl carbamates (subject to hydrolysis) is 1. The first-order valence-electron chi connectivity index (χ1n) is 19.9. The average molecular weight is 883 g/mol. The Hall–Kier alpha value is -5.31. The largest absolute Gasteiger partial charge is 0.464 e. The second-order valence-corrected chi connectivity index (χ2v) is 28.3. The lowest BCUT2D eigenvalue weighted by molar-refractivity contribution is -0.127. The lowest BCUT2D eigenvalue weighted by Gasteiger charge is -2.18. The number of benzene rings is 3. The summed E-state index contributed by atoms with van der Waals surface area (Å²) < 4.78 is 82.0. The average Bonchev–Trinajstić information content (AvgIpc) is 3.56. The highest BCUT2D eigenvalue weighted by atomic mass is 28.3. The second kappa shape index (κ2) is 20.5. The molecule has 0 aliphatic carbocycles. The van der Waals surface area contributed by atoms with Crippen molar-refractivity contribution in [2.45, 2.75) is 90.4 Å². The zero-order valence-electron chi connectivity index (χ0n) is 35.4. The van der Waals surface area contributed by atoms with Crippen LogP contribution in [0.15, 0.2) is 72.8 Å². The molecule has 5 rings (SSSR count). The Bertz CT molecular complexity index is 2280. The zero-order chi connectivity index (χ0) is 44.4. The Balaban J connectivity index is 1.51. The van der Waals surface area contributed by atoms with Crippen molar-refractivity contribution in [3.05, 3.63) is 107 Å². The van der Waals surface area contributed by atoms with Gasteiger partial charge in [-0.3, -0.25) is 4.79 Å². The topological polar surface area (TPSA) is 152 Å². The van der Waals surface area contributed by atoms with E-state index in [0.717, 1.165) is 35.3 Å². The van der Waals surface area contributed by atoms with Gasteiger partial charge in [-0.2, -0.15) is 18.3 Å². The lowest BCUT2D eigenvalue weighted by Crippen LogP contribution is -2.24. The standard InChI is InChI=1S/C43H54F4N6O6Si2/c1-60(2,3)18-16-56-27-53-36-22-35(33-21-34(44)37(20-32(33)23-43(45,46)47)59-28-57-17-19-61(4,5)6)51-41(38(36)39(52-53)40(48)54)49-24-30-14-10-11-15-31(30)25-50-42(55)58-26-29-12-8-7-9-13-29/h7-15,20-22H,16-19,23-28H2,1-6H3,(H2,48,54)(H,49,51)(H,50,55). The summed E-state index contributed by atoms with van der Waals surface area (Å²) in [5.74, 6) is -2.15. The van der Waals surface area contributed by atoms with Gasteiger partial charge in [0.25, 0.3) is 5.91 Å². The number of hydrogen-bond acceptors (Lipinski definition) is 9. The summed E-state index contributed by atoms with van der Waals surface area (Å²) in [6.45, 7) is 13.7. The summed E-state index contributed by atoms with van der Waals surface area (Å²) >= 11 is 0. The molecule has 4 N–H and O–H groups in total. The summed E-state index contributed by atoms with van der Waals surface area (Å²) in [6, 6.07) is 21.5. The van der Waals surface area contributed by atoms with Crippen LogP contribution in [-0.2, 0) is 47.1 Å². The number of carbonyl (C=O) groups excluding carboxylic acids is 2. The number of amides is 2. The minimum atomic E-state index is -4.68. The molecule has 3 aromatic carbocycles. The van der Waals surface area contributed by atoms with E-state index in [0.29, 0.717) is 18.8 Å². The predicted molar refractivity (Wildman–Crippen MR) is 232 cm³/mol. The molecule has 18 heteroatoms. The molecule has 0 fully saturated rings. The zero-order valence-corrected chi connectivity index (χ0v) is 37.4.